The lowest BCUT2D eigenvalue weighted by atomic mass is 9.69. The molecule has 0 N–H and O–H groups in total. The largest absolute Gasteiger partial charge is 0.0602 e. The van der Waals surface area contributed by atoms with Crippen LogP contribution in [0.1, 0.15) is 83.8 Å². The van der Waals surface area contributed by atoms with E-state index in [-0.39, 0.29) is 0 Å². The van der Waals surface area contributed by atoms with Crippen molar-refractivity contribution in [2.75, 3.05) is 0 Å². The van der Waals surface area contributed by atoms with Gasteiger partial charge in [-0.1, -0.05) is 65.8 Å². The minimum absolute atomic E-state index is 0.328. The van der Waals surface area contributed by atoms with E-state index >= 15 is 0 Å². The topological polar surface area (TPSA) is 0 Å². The molecule has 2 rings (SSSR count). The van der Waals surface area contributed by atoms with Crippen molar-refractivity contribution >= 4 is 0 Å². The van der Waals surface area contributed by atoms with Gasteiger partial charge in [-0.3, -0.25) is 0 Å². The fourth-order valence-electron chi connectivity index (χ4n) is 2.95. The molecule has 0 aliphatic heterocycles. The van der Waals surface area contributed by atoms with Crippen molar-refractivity contribution in [2.24, 2.45) is 10.8 Å². The number of hydrogen-bond donors (Lipinski definition) is 0. The van der Waals surface area contributed by atoms with Gasteiger partial charge < -0.3 is 0 Å². The minimum Gasteiger partial charge on any atom is -0.0602 e. The highest BCUT2D eigenvalue weighted by molar-refractivity contribution is 5.30. The fourth-order valence-corrected chi connectivity index (χ4v) is 2.95. The lowest BCUT2D eigenvalue weighted by molar-refractivity contribution is 0.229. The number of benzene rings is 1. The second-order valence-electron chi connectivity index (χ2n) is 8.62. The molecule has 0 heteroatoms. The summed E-state index contributed by atoms with van der Waals surface area (Å²) in [6.07, 6.45) is 4.04. The molecular weight excluding hydrogens is 228 g/mol. The molecule has 19 heavy (non-hydrogen) atoms. The van der Waals surface area contributed by atoms with Gasteiger partial charge in [0, 0.05) is 0 Å². The Balaban J connectivity index is 2.21. The van der Waals surface area contributed by atoms with E-state index < -0.39 is 0 Å². The van der Waals surface area contributed by atoms with Crippen molar-refractivity contribution in [3.8, 4) is 0 Å². The molecule has 0 saturated heterocycles. The predicted molar refractivity (Wildman–Crippen MR) is 84.7 cm³/mol. The van der Waals surface area contributed by atoms with E-state index in [1.165, 1.54) is 24.8 Å². The second kappa shape index (κ2) is 4.96. The molecule has 0 heterocycles. The summed E-state index contributed by atoms with van der Waals surface area (Å²) in [5.41, 5.74) is 3.78. The first-order chi connectivity index (χ1) is 8.67. The predicted octanol–water partition coefficient (Wildman–Crippen LogP) is 6.13. The Morgan fingerprint density at radius 3 is 1.84 bits per heavy atom. The number of rotatable bonds is 3. The maximum absolute atomic E-state index is 2.38. The SMILES string of the molecule is CC(C)(C)CC(c1ccc(C2CC2)cc1)C(C)(C)C. The summed E-state index contributed by atoms with van der Waals surface area (Å²) in [5, 5.41) is 0. The first-order valence-electron chi connectivity index (χ1n) is 7.77. The van der Waals surface area contributed by atoms with E-state index in [1.54, 1.807) is 5.56 Å². The zero-order chi connectivity index (χ0) is 14.3. The van der Waals surface area contributed by atoms with E-state index in [0.717, 1.165) is 5.92 Å². The van der Waals surface area contributed by atoms with Crippen molar-refractivity contribution < 1.29 is 0 Å². The summed E-state index contributed by atoms with van der Waals surface area (Å²) in [5.74, 6) is 1.51. The molecule has 0 nitrogen and oxygen atoms in total. The van der Waals surface area contributed by atoms with E-state index in [9.17, 15) is 0 Å². The van der Waals surface area contributed by atoms with Crippen LogP contribution in [0.4, 0.5) is 0 Å². The fraction of sp³-hybridized carbons (Fsp3) is 0.684. The van der Waals surface area contributed by atoms with Crippen LogP contribution in [0, 0.1) is 10.8 Å². The van der Waals surface area contributed by atoms with Crippen LogP contribution in [-0.2, 0) is 0 Å². The standard InChI is InChI=1S/C19H30/c1-18(2,3)13-17(19(4,5)6)16-11-9-15(10-12-16)14-7-8-14/h9-12,14,17H,7-8,13H2,1-6H3. The molecule has 0 radical (unpaired) electrons. The quantitative estimate of drug-likeness (QED) is 0.611. The van der Waals surface area contributed by atoms with Crippen LogP contribution in [0.15, 0.2) is 24.3 Å². The van der Waals surface area contributed by atoms with Crippen molar-refractivity contribution in [2.45, 2.75) is 72.6 Å². The van der Waals surface area contributed by atoms with E-state index in [0.29, 0.717) is 16.7 Å². The Hall–Kier alpha value is -0.780. The van der Waals surface area contributed by atoms with Crippen molar-refractivity contribution in [1.82, 2.24) is 0 Å². The number of hydrogen-bond acceptors (Lipinski definition) is 0. The lowest BCUT2D eigenvalue weighted by Crippen LogP contribution is -2.23. The monoisotopic (exact) mass is 258 g/mol. The zero-order valence-corrected chi connectivity index (χ0v) is 13.6. The van der Waals surface area contributed by atoms with Gasteiger partial charge in [-0.15, -0.1) is 0 Å². The van der Waals surface area contributed by atoms with Gasteiger partial charge in [0.2, 0.25) is 0 Å². The summed E-state index contributed by atoms with van der Waals surface area (Å²) < 4.78 is 0. The summed E-state index contributed by atoms with van der Waals surface area (Å²) in [6, 6.07) is 9.51. The Bertz CT molecular complexity index is 407. The maximum Gasteiger partial charge on any atom is -0.0108 e. The Labute approximate surface area is 119 Å². The van der Waals surface area contributed by atoms with Crippen LogP contribution in [0.3, 0.4) is 0 Å². The van der Waals surface area contributed by atoms with Gasteiger partial charge in [0.15, 0.2) is 0 Å². The molecular formula is C19H30. The molecule has 0 amide bonds. The molecule has 1 fully saturated rings. The van der Waals surface area contributed by atoms with Crippen LogP contribution in [0.5, 0.6) is 0 Å². The molecule has 1 aliphatic carbocycles. The van der Waals surface area contributed by atoms with Gasteiger partial charge in [0.25, 0.3) is 0 Å². The molecule has 1 unspecified atom stereocenters. The highest BCUT2D eigenvalue weighted by atomic mass is 14.4. The molecule has 0 spiro atoms. The smallest absolute Gasteiger partial charge is 0.0108 e. The van der Waals surface area contributed by atoms with E-state index in [2.05, 4.69) is 65.8 Å². The third-order valence-electron chi connectivity index (χ3n) is 4.25. The molecule has 1 saturated carbocycles. The van der Waals surface area contributed by atoms with Gasteiger partial charge >= 0.3 is 0 Å². The van der Waals surface area contributed by atoms with Crippen molar-refractivity contribution in [1.29, 1.82) is 0 Å². The third-order valence-corrected chi connectivity index (χ3v) is 4.25. The third kappa shape index (κ3) is 4.09. The molecule has 106 valence electrons. The lowest BCUT2D eigenvalue weighted by Gasteiger charge is -2.36. The minimum atomic E-state index is 0.328. The van der Waals surface area contributed by atoms with Gasteiger partial charge in [0.05, 0.1) is 0 Å². The van der Waals surface area contributed by atoms with Crippen LogP contribution in [0.25, 0.3) is 0 Å². The first kappa shape index (κ1) is 14.6. The van der Waals surface area contributed by atoms with Gasteiger partial charge in [-0.2, -0.15) is 0 Å². The van der Waals surface area contributed by atoms with Crippen LogP contribution in [0.2, 0.25) is 0 Å². The molecule has 0 aromatic heterocycles. The Morgan fingerprint density at radius 1 is 0.947 bits per heavy atom. The molecule has 1 aliphatic rings. The van der Waals surface area contributed by atoms with E-state index in [1.807, 2.05) is 0 Å². The average molecular weight is 258 g/mol. The zero-order valence-electron chi connectivity index (χ0n) is 13.6. The summed E-state index contributed by atoms with van der Waals surface area (Å²) in [6.45, 7) is 14.2. The van der Waals surface area contributed by atoms with Crippen molar-refractivity contribution in [3.05, 3.63) is 35.4 Å². The maximum atomic E-state index is 2.38. The first-order valence-corrected chi connectivity index (χ1v) is 7.77. The molecule has 0 bridgehead atoms. The Kier molecular flexibility index (Phi) is 3.82. The van der Waals surface area contributed by atoms with Gasteiger partial charge in [-0.05, 0) is 53.1 Å². The summed E-state index contributed by atoms with van der Waals surface area (Å²) in [7, 11) is 0. The van der Waals surface area contributed by atoms with Gasteiger partial charge in [0.1, 0.15) is 0 Å². The average Bonchev–Trinajstić information content (AvgIpc) is 3.07. The van der Waals surface area contributed by atoms with Crippen LogP contribution < -0.4 is 0 Å². The van der Waals surface area contributed by atoms with Crippen LogP contribution in [-0.4, -0.2) is 0 Å². The summed E-state index contributed by atoms with van der Waals surface area (Å²) in [4.78, 5) is 0. The second-order valence-corrected chi connectivity index (χ2v) is 8.62. The highest BCUT2D eigenvalue weighted by Gasteiger charge is 2.30. The van der Waals surface area contributed by atoms with Crippen molar-refractivity contribution in [3.63, 3.8) is 0 Å². The highest BCUT2D eigenvalue weighted by Crippen LogP contribution is 2.44. The van der Waals surface area contributed by atoms with Gasteiger partial charge in [-0.25, -0.2) is 0 Å². The molecule has 1 atom stereocenters. The molecule has 1 aromatic rings. The van der Waals surface area contributed by atoms with Crippen LogP contribution >= 0.6 is 0 Å². The van der Waals surface area contributed by atoms with E-state index in [4.69, 9.17) is 0 Å². The molecule has 1 aromatic carbocycles. The summed E-state index contributed by atoms with van der Waals surface area (Å²) >= 11 is 0. The Morgan fingerprint density at radius 2 is 1.47 bits per heavy atom. The normalized spacial score (nSPS) is 18.4.